The minimum Gasteiger partial charge on any atom is -0.497 e. The molecule has 0 fully saturated rings. The molecule has 0 radical (unpaired) electrons. The van der Waals surface area contributed by atoms with Gasteiger partial charge in [-0.1, -0.05) is 54.1 Å². The van der Waals surface area contributed by atoms with Crippen LogP contribution in [0.4, 0.5) is 5.69 Å². The van der Waals surface area contributed by atoms with Crippen LogP contribution < -0.4 is 10.1 Å². The molecule has 34 heavy (non-hydrogen) atoms. The average Bonchev–Trinajstić information content (AvgIpc) is 3.10. The van der Waals surface area contributed by atoms with Gasteiger partial charge >= 0.3 is 0 Å². The predicted molar refractivity (Wildman–Crippen MR) is 134 cm³/mol. The van der Waals surface area contributed by atoms with E-state index in [2.05, 4.69) is 5.32 Å². The molecule has 0 saturated heterocycles. The number of carbonyl (C=O) groups is 2. The summed E-state index contributed by atoms with van der Waals surface area (Å²) in [5, 5.41) is 5.19. The van der Waals surface area contributed by atoms with Crippen molar-refractivity contribution in [3.8, 4) is 5.75 Å². The van der Waals surface area contributed by atoms with Gasteiger partial charge in [-0.05, 0) is 42.0 Å². The van der Waals surface area contributed by atoms with Crippen molar-refractivity contribution in [1.29, 1.82) is 0 Å². The predicted octanol–water partition coefficient (Wildman–Crippen LogP) is 4.78. The van der Waals surface area contributed by atoms with E-state index in [1.807, 2.05) is 30.3 Å². The van der Waals surface area contributed by atoms with Crippen LogP contribution in [-0.4, -0.2) is 47.1 Å². The summed E-state index contributed by atoms with van der Waals surface area (Å²) in [6, 6.07) is 21.5. The van der Waals surface area contributed by atoms with Gasteiger partial charge in [0.15, 0.2) is 5.11 Å². The molecular formula is C25H22ClN3O4S. The van der Waals surface area contributed by atoms with Gasteiger partial charge in [-0.3, -0.25) is 19.3 Å². The first-order chi connectivity index (χ1) is 16.5. The van der Waals surface area contributed by atoms with E-state index in [1.165, 1.54) is 9.96 Å². The van der Waals surface area contributed by atoms with Crippen LogP contribution in [0.5, 0.6) is 5.75 Å². The Hall–Kier alpha value is -3.46. The smallest absolute Gasteiger partial charge is 0.261 e. The average molecular weight is 496 g/mol. The summed E-state index contributed by atoms with van der Waals surface area (Å²) in [6.45, 7) is 0.497. The SMILES string of the molecule is COc1ccc(Cl)c(NC(=S)N(CCN2C(=O)c3ccccc3C2=O)OCc2ccccc2)c1. The van der Waals surface area contributed by atoms with E-state index in [-0.39, 0.29) is 36.6 Å². The van der Waals surface area contributed by atoms with Crippen LogP contribution in [0.25, 0.3) is 0 Å². The molecule has 1 aliphatic rings. The lowest BCUT2D eigenvalue weighted by atomic mass is 10.1. The molecule has 3 aromatic carbocycles. The van der Waals surface area contributed by atoms with Crippen molar-refractivity contribution in [1.82, 2.24) is 9.96 Å². The molecule has 1 N–H and O–H groups in total. The zero-order valence-electron chi connectivity index (χ0n) is 18.4. The van der Waals surface area contributed by atoms with Gasteiger partial charge in [0.05, 0.1) is 35.5 Å². The number of thiocarbonyl (C=S) groups is 1. The van der Waals surface area contributed by atoms with Crippen molar-refractivity contribution in [2.75, 3.05) is 25.5 Å². The van der Waals surface area contributed by atoms with Gasteiger partial charge in [0, 0.05) is 12.6 Å². The minimum absolute atomic E-state index is 0.0921. The van der Waals surface area contributed by atoms with Crippen molar-refractivity contribution in [3.63, 3.8) is 0 Å². The maximum atomic E-state index is 12.7. The molecule has 174 valence electrons. The summed E-state index contributed by atoms with van der Waals surface area (Å²) in [5.41, 5.74) is 2.27. The van der Waals surface area contributed by atoms with Crippen LogP contribution in [0.1, 0.15) is 26.3 Å². The van der Waals surface area contributed by atoms with Crippen molar-refractivity contribution in [3.05, 3.63) is 94.5 Å². The number of ether oxygens (including phenoxy) is 1. The molecule has 0 spiro atoms. The summed E-state index contributed by atoms with van der Waals surface area (Å²) >= 11 is 11.9. The standard InChI is InChI=1S/C25H22ClN3O4S/c1-32-18-11-12-21(26)22(15-18)27-25(34)29(33-16-17-7-3-2-4-8-17)14-13-28-23(30)19-9-5-6-10-20(19)24(28)31/h2-12,15H,13-14,16H2,1H3,(H,27,34). The van der Waals surface area contributed by atoms with Crippen LogP contribution in [-0.2, 0) is 11.4 Å². The quantitative estimate of drug-likeness (QED) is 0.274. The summed E-state index contributed by atoms with van der Waals surface area (Å²) in [6.07, 6.45) is 0. The molecule has 7 nitrogen and oxygen atoms in total. The number of fused-ring (bicyclic) bond motifs is 1. The number of benzene rings is 3. The Labute approximate surface area is 207 Å². The summed E-state index contributed by atoms with van der Waals surface area (Å²) in [5.74, 6) is -0.0610. The maximum absolute atomic E-state index is 12.7. The highest BCUT2D eigenvalue weighted by Gasteiger charge is 2.35. The van der Waals surface area contributed by atoms with E-state index in [0.717, 1.165) is 5.56 Å². The summed E-state index contributed by atoms with van der Waals surface area (Å²) in [7, 11) is 1.56. The first kappa shape index (κ1) is 23.7. The zero-order valence-corrected chi connectivity index (χ0v) is 19.9. The molecule has 1 heterocycles. The third kappa shape index (κ3) is 5.20. The molecule has 0 bridgehead atoms. The monoisotopic (exact) mass is 495 g/mol. The number of amides is 2. The normalized spacial score (nSPS) is 12.5. The second-order valence-corrected chi connectivity index (χ2v) is 8.24. The van der Waals surface area contributed by atoms with Crippen molar-refractivity contribution in [2.24, 2.45) is 0 Å². The molecule has 3 aromatic rings. The minimum atomic E-state index is -0.335. The van der Waals surface area contributed by atoms with E-state index in [1.54, 1.807) is 49.6 Å². The first-order valence-corrected chi connectivity index (χ1v) is 11.3. The van der Waals surface area contributed by atoms with Crippen LogP contribution in [0.15, 0.2) is 72.8 Å². The molecule has 0 saturated carbocycles. The van der Waals surface area contributed by atoms with Crippen molar-refractivity contribution in [2.45, 2.75) is 6.61 Å². The molecule has 9 heteroatoms. The van der Waals surface area contributed by atoms with Gasteiger partial charge < -0.3 is 10.1 Å². The summed E-state index contributed by atoms with van der Waals surface area (Å²) in [4.78, 5) is 32.7. The number of imide groups is 1. The van der Waals surface area contributed by atoms with E-state index in [4.69, 9.17) is 33.4 Å². The third-order valence-corrected chi connectivity index (χ3v) is 5.91. The van der Waals surface area contributed by atoms with E-state index in [9.17, 15) is 9.59 Å². The Kier molecular flexibility index (Phi) is 7.42. The number of halogens is 1. The van der Waals surface area contributed by atoms with Gasteiger partial charge in [0.25, 0.3) is 11.8 Å². The number of hydroxylamine groups is 2. The summed E-state index contributed by atoms with van der Waals surface area (Å²) < 4.78 is 5.26. The highest BCUT2D eigenvalue weighted by Crippen LogP contribution is 2.27. The van der Waals surface area contributed by atoms with Crippen LogP contribution >= 0.6 is 23.8 Å². The number of anilines is 1. The van der Waals surface area contributed by atoms with Crippen molar-refractivity contribution >= 4 is 46.4 Å². The number of methoxy groups -OCH3 is 1. The largest absolute Gasteiger partial charge is 0.497 e. The van der Waals surface area contributed by atoms with Gasteiger partial charge in [-0.25, -0.2) is 5.06 Å². The second kappa shape index (κ2) is 10.6. The lowest BCUT2D eigenvalue weighted by Crippen LogP contribution is -2.42. The number of rotatable bonds is 8. The van der Waals surface area contributed by atoms with E-state index >= 15 is 0 Å². The fraction of sp³-hybridized carbons (Fsp3) is 0.160. The Morgan fingerprint density at radius 3 is 2.29 bits per heavy atom. The fourth-order valence-electron chi connectivity index (χ4n) is 3.49. The maximum Gasteiger partial charge on any atom is 0.261 e. The number of hydrogen-bond acceptors (Lipinski definition) is 5. The Morgan fingerprint density at radius 1 is 1.00 bits per heavy atom. The molecule has 0 unspecified atom stereocenters. The van der Waals surface area contributed by atoms with Gasteiger partial charge in [0.1, 0.15) is 12.4 Å². The molecule has 4 rings (SSSR count). The van der Waals surface area contributed by atoms with Crippen molar-refractivity contribution < 1.29 is 19.2 Å². The zero-order chi connectivity index (χ0) is 24.1. The van der Waals surface area contributed by atoms with Gasteiger partial charge in [-0.2, -0.15) is 0 Å². The Morgan fingerprint density at radius 2 is 1.65 bits per heavy atom. The molecular weight excluding hydrogens is 474 g/mol. The number of carbonyl (C=O) groups excluding carboxylic acids is 2. The molecule has 0 aliphatic carbocycles. The second-order valence-electron chi connectivity index (χ2n) is 7.44. The molecule has 1 aliphatic heterocycles. The Balaban J connectivity index is 1.49. The molecule has 0 aromatic heterocycles. The molecule has 0 atom stereocenters. The lowest BCUT2D eigenvalue weighted by molar-refractivity contribution is -0.110. The van der Waals surface area contributed by atoms with Gasteiger partial charge in [0.2, 0.25) is 0 Å². The van der Waals surface area contributed by atoms with E-state index < -0.39 is 0 Å². The number of nitrogens with one attached hydrogen (secondary N) is 1. The van der Waals surface area contributed by atoms with Crippen LogP contribution in [0, 0.1) is 0 Å². The topological polar surface area (TPSA) is 71.1 Å². The number of nitrogens with zero attached hydrogens (tertiary/aromatic N) is 2. The highest BCUT2D eigenvalue weighted by molar-refractivity contribution is 7.80. The van der Waals surface area contributed by atoms with E-state index in [0.29, 0.717) is 27.6 Å². The Bertz CT molecular complexity index is 1190. The fourth-order valence-corrected chi connectivity index (χ4v) is 3.91. The molecule has 2 amide bonds. The van der Waals surface area contributed by atoms with Crippen LogP contribution in [0.3, 0.4) is 0 Å². The third-order valence-electron chi connectivity index (χ3n) is 5.28. The first-order valence-electron chi connectivity index (χ1n) is 10.5. The highest BCUT2D eigenvalue weighted by atomic mass is 35.5. The lowest BCUT2D eigenvalue weighted by Gasteiger charge is -2.27. The van der Waals surface area contributed by atoms with Crippen LogP contribution in [0.2, 0.25) is 5.02 Å². The van der Waals surface area contributed by atoms with Gasteiger partial charge in [-0.15, -0.1) is 0 Å². The number of hydrogen-bond donors (Lipinski definition) is 1.